The van der Waals surface area contributed by atoms with Crippen LogP contribution in [0.15, 0.2) is 0 Å². The lowest BCUT2D eigenvalue weighted by Gasteiger charge is -2.21. The van der Waals surface area contributed by atoms with Gasteiger partial charge in [-0.1, -0.05) is 12.8 Å². The third-order valence-electron chi connectivity index (χ3n) is 2.35. The Morgan fingerprint density at radius 2 is 1.67 bits per heavy atom. The molecule has 0 spiro atoms. The van der Waals surface area contributed by atoms with Gasteiger partial charge in [-0.15, -0.1) is 0 Å². The molecule has 0 aliphatic heterocycles. The Labute approximate surface area is 74.0 Å². The zero-order valence-electron chi connectivity index (χ0n) is 7.76. The molecule has 0 heterocycles. The molecule has 72 valence electrons. The molecule has 0 amide bonds. The van der Waals surface area contributed by atoms with Crippen molar-refractivity contribution in [3.8, 4) is 0 Å². The molecule has 1 saturated carbocycles. The lowest BCUT2D eigenvalue weighted by molar-refractivity contribution is 0.528. The minimum Gasteiger partial charge on any atom is -0.271 e. The summed E-state index contributed by atoms with van der Waals surface area (Å²) >= 11 is 0. The summed E-state index contributed by atoms with van der Waals surface area (Å²) in [5.74, 6) is 0. The quantitative estimate of drug-likeness (QED) is 0.582. The van der Waals surface area contributed by atoms with Crippen LogP contribution in [-0.4, -0.2) is 20.1 Å². The fourth-order valence-corrected chi connectivity index (χ4v) is 2.81. The molecule has 0 bridgehead atoms. The van der Waals surface area contributed by atoms with Gasteiger partial charge in [-0.2, -0.15) is 0 Å². The Morgan fingerprint density at radius 1 is 1.17 bits per heavy atom. The molecule has 4 nitrogen and oxygen atoms in total. The van der Waals surface area contributed by atoms with Crippen molar-refractivity contribution >= 4 is 7.59 Å². The van der Waals surface area contributed by atoms with Crippen LogP contribution in [0, 0.1) is 0 Å². The van der Waals surface area contributed by atoms with Gasteiger partial charge < -0.3 is 0 Å². The summed E-state index contributed by atoms with van der Waals surface area (Å²) in [7, 11) is 0.935. The molecule has 0 saturated heterocycles. The number of nitrogens with one attached hydrogen (secondary N) is 3. The van der Waals surface area contributed by atoms with Gasteiger partial charge in [0.15, 0.2) is 0 Å². The monoisotopic (exact) mass is 191 g/mol. The summed E-state index contributed by atoms with van der Waals surface area (Å²) in [6.07, 6.45) is 4.80. The molecule has 12 heavy (non-hydrogen) atoms. The maximum Gasteiger partial charge on any atom is 0.278 e. The lowest BCUT2D eigenvalue weighted by Crippen LogP contribution is -2.33. The molecule has 0 aromatic carbocycles. The first kappa shape index (κ1) is 10.2. The number of hydrogen-bond acceptors (Lipinski definition) is 1. The average molecular weight is 191 g/mol. The van der Waals surface area contributed by atoms with Gasteiger partial charge in [0.25, 0.3) is 7.59 Å². The molecule has 0 atom stereocenters. The van der Waals surface area contributed by atoms with Crippen molar-refractivity contribution in [1.29, 1.82) is 0 Å². The third-order valence-corrected chi connectivity index (χ3v) is 4.34. The van der Waals surface area contributed by atoms with Gasteiger partial charge in [-0.25, -0.2) is 15.3 Å². The second kappa shape index (κ2) is 4.38. The van der Waals surface area contributed by atoms with E-state index in [1.807, 2.05) is 0 Å². The minimum absolute atomic E-state index is 0.427. The topological polar surface area (TPSA) is 53.2 Å². The molecule has 0 aromatic rings. The summed E-state index contributed by atoms with van der Waals surface area (Å²) < 4.78 is 11.8. The molecule has 0 aromatic heterocycles. The highest BCUT2D eigenvalue weighted by Gasteiger charge is 2.23. The average Bonchev–Trinajstić information content (AvgIpc) is 2.57. The zero-order valence-corrected chi connectivity index (χ0v) is 8.66. The van der Waals surface area contributed by atoms with Gasteiger partial charge in [0.2, 0.25) is 0 Å². The molecule has 0 radical (unpaired) electrons. The van der Waals surface area contributed by atoms with Crippen LogP contribution < -0.4 is 15.3 Å². The minimum atomic E-state index is -2.48. The summed E-state index contributed by atoms with van der Waals surface area (Å²) in [4.78, 5) is 0. The van der Waals surface area contributed by atoms with E-state index in [-0.39, 0.29) is 0 Å². The largest absolute Gasteiger partial charge is 0.278 e. The van der Waals surface area contributed by atoms with Crippen LogP contribution in [0.25, 0.3) is 0 Å². The summed E-state index contributed by atoms with van der Waals surface area (Å²) in [5.41, 5.74) is 0. The normalized spacial score (nSPS) is 20.2. The van der Waals surface area contributed by atoms with E-state index < -0.39 is 7.59 Å². The predicted molar refractivity (Wildman–Crippen MR) is 51.1 cm³/mol. The van der Waals surface area contributed by atoms with Gasteiger partial charge in [0.1, 0.15) is 0 Å². The second-order valence-corrected chi connectivity index (χ2v) is 5.54. The maximum absolute atomic E-state index is 11.8. The zero-order chi connectivity index (χ0) is 9.03. The van der Waals surface area contributed by atoms with Crippen LogP contribution in [0.5, 0.6) is 0 Å². The van der Waals surface area contributed by atoms with E-state index in [1.54, 1.807) is 14.1 Å². The first-order chi connectivity index (χ1) is 5.70. The molecule has 1 aliphatic carbocycles. The van der Waals surface area contributed by atoms with E-state index in [4.69, 9.17) is 0 Å². The molecular formula is C7H18N3OP. The van der Waals surface area contributed by atoms with Crippen LogP contribution in [0.4, 0.5) is 0 Å². The van der Waals surface area contributed by atoms with Crippen molar-refractivity contribution in [2.75, 3.05) is 14.1 Å². The Kier molecular flexibility index (Phi) is 3.72. The Morgan fingerprint density at radius 3 is 2.08 bits per heavy atom. The number of rotatable bonds is 4. The van der Waals surface area contributed by atoms with E-state index in [1.165, 1.54) is 12.8 Å². The van der Waals surface area contributed by atoms with Crippen molar-refractivity contribution in [2.24, 2.45) is 0 Å². The molecule has 3 N–H and O–H groups in total. The summed E-state index contributed by atoms with van der Waals surface area (Å²) in [6, 6.07) is 0.427. The first-order valence-electron chi connectivity index (χ1n) is 4.46. The Hall–Kier alpha value is 0.110. The van der Waals surface area contributed by atoms with E-state index >= 15 is 0 Å². The van der Waals surface area contributed by atoms with Crippen molar-refractivity contribution in [2.45, 2.75) is 31.7 Å². The summed E-state index contributed by atoms with van der Waals surface area (Å²) in [6.45, 7) is 0. The van der Waals surface area contributed by atoms with Crippen molar-refractivity contribution in [1.82, 2.24) is 15.3 Å². The molecule has 1 rings (SSSR count). The van der Waals surface area contributed by atoms with Gasteiger partial charge in [-0.3, -0.25) is 4.57 Å². The van der Waals surface area contributed by atoms with Crippen LogP contribution in [0.1, 0.15) is 25.7 Å². The highest BCUT2D eigenvalue weighted by atomic mass is 31.2. The van der Waals surface area contributed by atoms with Crippen LogP contribution >= 0.6 is 7.59 Å². The maximum atomic E-state index is 11.8. The molecular weight excluding hydrogens is 173 g/mol. The lowest BCUT2D eigenvalue weighted by atomic mass is 10.3. The SMILES string of the molecule is CNP(=O)(NC)NC1CCCC1. The summed E-state index contributed by atoms with van der Waals surface area (Å²) in [5, 5.41) is 8.70. The van der Waals surface area contributed by atoms with E-state index in [0.717, 1.165) is 12.8 Å². The van der Waals surface area contributed by atoms with Crippen LogP contribution in [0.2, 0.25) is 0 Å². The first-order valence-corrected chi connectivity index (χ1v) is 6.17. The fourth-order valence-electron chi connectivity index (χ4n) is 1.55. The standard InChI is InChI=1S/C7H18N3OP/c1-8-12(11,9-2)10-7-5-3-4-6-7/h7H,3-6H2,1-2H3,(H3,8,9,10,11). The molecule has 0 unspecified atom stereocenters. The van der Waals surface area contributed by atoms with Gasteiger partial charge in [0.05, 0.1) is 0 Å². The van der Waals surface area contributed by atoms with Crippen molar-refractivity contribution < 1.29 is 4.57 Å². The third kappa shape index (κ3) is 2.56. The van der Waals surface area contributed by atoms with E-state index in [2.05, 4.69) is 15.3 Å². The Balaban J connectivity index is 2.41. The Bertz CT molecular complexity index is 171. The second-order valence-electron chi connectivity index (χ2n) is 3.17. The van der Waals surface area contributed by atoms with Gasteiger partial charge >= 0.3 is 0 Å². The van der Waals surface area contributed by atoms with Crippen molar-refractivity contribution in [3.63, 3.8) is 0 Å². The molecule has 1 fully saturated rings. The van der Waals surface area contributed by atoms with E-state index in [9.17, 15) is 4.57 Å². The highest BCUT2D eigenvalue weighted by molar-refractivity contribution is 7.57. The van der Waals surface area contributed by atoms with Gasteiger partial charge in [0, 0.05) is 6.04 Å². The molecule has 1 aliphatic rings. The highest BCUT2D eigenvalue weighted by Crippen LogP contribution is 2.32. The smallest absolute Gasteiger partial charge is 0.271 e. The van der Waals surface area contributed by atoms with E-state index in [0.29, 0.717) is 6.04 Å². The molecule has 5 heteroatoms. The predicted octanol–water partition coefficient (Wildman–Crippen LogP) is 1.07. The fraction of sp³-hybridized carbons (Fsp3) is 1.00. The van der Waals surface area contributed by atoms with Crippen LogP contribution in [0.3, 0.4) is 0 Å². The van der Waals surface area contributed by atoms with Crippen LogP contribution in [-0.2, 0) is 4.57 Å². The number of hydrogen-bond donors (Lipinski definition) is 3. The van der Waals surface area contributed by atoms with Gasteiger partial charge in [-0.05, 0) is 26.9 Å². The van der Waals surface area contributed by atoms with Crippen molar-refractivity contribution in [3.05, 3.63) is 0 Å².